The van der Waals surface area contributed by atoms with Crippen LogP contribution in [0.3, 0.4) is 0 Å². The van der Waals surface area contributed by atoms with Crippen LogP contribution in [0.25, 0.3) is 6.08 Å². The molecule has 3 rings (SSSR count). The summed E-state index contributed by atoms with van der Waals surface area (Å²) in [6.45, 7) is 2.75. The second kappa shape index (κ2) is 6.92. The van der Waals surface area contributed by atoms with E-state index in [1.807, 2.05) is 54.6 Å². The average Bonchev–Trinajstić information content (AvgIpc) is 2.96. The Labute approximate surface area is 135 Å². The molecule has 0 saturated heterocycles. The molecule has 0 unspecified atom stereocenters. The second-order valence-electron chi connectivity index (χ2n) is 5.12. The van der Waals surface area contributed by atoms with Gasteiger partial charge in [-0.25, -0.2) is 9.79 Å². The summed E-state index contributed by atoms with van der Waals surface area (Å²) in [7, 11) is 0. The lowest BCUT2D eigenvalue weighted by atomic mass is 10.2. The zero-order chi connectivity index (χ0) is 16.1. The lowest BCUT2D eigenvalue weighted by molar-refractivity contribution is -0.129. The number of nitrogens with zero attached hydrogens (tertiary/aromatic N) is 1. The molecule has 0 N–H and O–H groups in total. The van der Waals surface area contributed by atoms with Crippen LogP contribution < -0.4 is 4.74 Å². The summed E-state index contributed by atoms with van der Waals surface area (Å²) >= 11 is 0. The minimum absolute atomic E-state index is 0.297. The number of rotatable bonds is 5. The van der Waals surface area contributed by atoms with Crippen LogP contribution in [0.15, 0.2) is 65.3 Å². The van der Waals surface area contributed by atoms with Gasteiger partial charge in [0.05, 0.1) is 6.61 Å². The third kappa shape index (κ3) is 3.66. The Bertz CT molecular complexity index is 746. The van der Waals surface area contributed by atoms with Gasteiger partial charge in [0.25, 0.3) is 0 Å². The van der Waals surface area contributed by atoms with E-state index in [1.165, 1.54) is 0 Å². The fourth-order valence-electron chi connectivity index (χ4n) is 2.15. The molecule has 116 valence electrons. The summed E-state index contributed by atoms with van der Waals surface area (Å²) in [4.78, 5) is 16.2. The van der Waals surface area contributed by atoms with Gasteiger partial charge < -0.3 is 9.47 Å². The van der Waals surface area contributed by atoms with Crippen molar-refractivity contribution in [1.29, 1.82) is 0 Å². The standard InChI is InChI=1S/C19H17NO3/c1-2-12-22-16-10-8-14(9-11-16)13-17-19(21)23-18(20-17)15-6-4-3-5-7-15/h3-11,13H,2,12H2,1H3. The molecule has 0 saturated carbocycles. The van der Waals surface area contributed by atoms with E-state index in [9.17, 15) is 4.79 Å². The van der Waals surface area contributed by atoms with Gasteiger partial charge in [0.15, 0.2) is 5.70 Å². The molecule has 1 aliphatic rings. The molecule has 4 heteroatoms. The summed E-state index contributed by atoms with van der Waals surface area (Å²) in [5.74, 6) is 0.719. The van der Waals surface area contributed by atoms with Crippen molar-refractivity contribution < 1.29 is 14.3 Å². The Balaban J connectivity index is 1.79. The summed E-state index contributed by atoms with van der Waals surface area (Å²) in [6, 6.07) is 16.9. The Morgan fingerprint density at radius 1 is 1.09 bits per heavy atom. The topological polar surface area (TPSA) is 47.9 Å². The maximum Gasteiger partial charge on any atom is 0.363 e. The fraction of sp³-hybridized carbons (Fsp3) is 0.158. The number of ether oxygens (including phenoxy) is 2. The summed E-state index contributed by atoms with van der Waals surface area (Å²) in [6.07, 6.45) is 2.68. The monoisotopic (exact) mass is 307 g/mol. The number of carbonyl (C=O) groups excluding carboxylic acids is 1. The molecule has 0 fully saturated rings. The van der Waals surface area contributed by atoms with Gasteiger partial charge in [-0.1, -0.05) is 37.3 Å². The number of carbonyl (C=O) groups is 1. The number of hydrogen-bond donors (Lipinski definition) is 0. The second-order valence-corrected chi connectivity index (χ2v) is 5.12. The van der Waals surface area contributed by atoms with Gasteiger partial charge in [-0.2, -0.15) is 0 Å². The first-order valence-corrected chi connectivity index (χ1v) is 7.57. The maximum absolute atomic E-state index is 11.9. The highest BCUT2D eigenvalue weighted by molar-refractivity contribution is 6.12. The van der Waals surface area contributed by atoms with Gasteiger partial charge in [0.2, 0.25) is 5.90 Å². The van der Waals surface area contributed by atoms with Crippen molar-refractivity contribution in [3.8, 4) is 5.75 Å². The van der Waals surface area contributed by atoms with Crippen molar-refractivity contribution in [3.63, 3.8) is 0 Å². The molecule has 0 aromatic heterocycles. The van der Waals surface area contributed by atoms with Crippen LogP contribution in [0.1, 0.15) is 24.5 Å². The number of aliphatic imine (C=N–C) groups is 1. The zero-order valence-electron chi connectivity index (χ0n) is 12.9. The van der Waals surface area contributed by atoms with E-state index in [2.05, 4.69) is 11.9 Å². The Kier molecular flexibility index (Phi) is 4.52. The van der Waals surface area contributed by atoms with E-state index in [4.69, 9.17) is 9.47 Å². The molecule has 0 bridgehead atoms. The third-order valence-electron chi connectivity index (χ3n) is 3.30. The minimum atomic E-state index is -0.435. The Morgan fingerprint density at radius 2 is 1.83 bits per heavy atom. The van der Waals surface area contributed by atoms with Gasteiger partial charge >= 0.3 is 5.97 Å². The van der Waals surface area contributed by atoms with E-state index >= 15 is 0 Å². The van der Waals surface area contributed by atoms with Gasteiger partial charge in [-0.15, -0.1) is 0 Å². The SMILES string of the molecule is CCCOc1ccc(C=C2N=C(c3ccccc3)OC2=O)cc1. The molecular weight excluding hydrogens is 290 g/mol. The number of benzene rings is 2. The summed E-state index contributed by atoms with van der Waals surface area (Å²) < 4.78 is 10.8. The number of esters is 1. The lowest BCUT2D eigenvalue weighted by Gasteiger charge is -2.04. The predicted molar refractivity (Wildman–Crippen MR) is 89.3 cm³/mol. The van der Waals surface area contributed by atoms with E-state index in [0.29, 0.717) is 18.2 Å². The van der Waals surface area contributed by atoms with Crippen LogP contribution in [0.2, 0.25) is 0 Å². The van der Waals surface area contributed by atoms with E-state index < -0.39 is 5.97 Å². The first kappa shape index (κ1) is 15.0. The van der Waals surface area contributed by atoms with Crippen LogP contribution in [-0.2, 0) is 9.53 Å². The Morgan fingerprint density at radius 3 is 2.52 bits per heavy atom. The smallest absolute Gasteiger partial charge is 0.363 e. The van der Waals surface area contributed by atoms with Crippen molar-refractivity contribution in [3.05, 3.63) is 71.4 Å². The number of cyclic esters (lactones) is 1. The molecule has 2 aromatic carbocycles. The third-order valence-corrected chi connectivity index (χ3v) is 3.30. The summed E-state index contributed by atoms with van der Waals surface area (Å²) in [5.41, 5.74) is 1.96. The molecule has 2 aromatic rings. The van der Waals surface area contributed by atoms with Crippen molar-refractivity contribution in [2.24, 2.45) is 4.99 Å². The predicted octanol–water partition coefficient (Wildman–Crippen LogP) is 3.82. The van der Waals surface area contributed by atoms with Crippen molar-refractivity contribution in [2.45, 2.75) is 13.3 Å². The Hall–Kier alpha value is -2.88. The van der Waals surface area contributed by atoms with E-state index in [1.54, 1.807) is 6.08 Å². The van der Waals surface area contributed by atoms with Crippen LogP contribution >= 0.6 is 0 Å². The summed E-state index contributed by atoms with van der Waals surface area (Å²) in [5, 5.41) is 0. The van der Waals surface area contributed by atoms with Gasteiger partial charge in [-0.05, 0) is 42.3 Å². The van der Waals surface area contributed by atoms with Crippen molar-refractivity contribution in [2.75, 3.05) is 6.61 Å². The highest BCUT2D eigenvalue weighted by Crippen LogP contribution is 2.20. The number of hydrogen-bond acceptors (Lipinski definition) is 4. The maximum atomic E-state index is 11.9. The van der Waals surface area contributed by atoms with Crippen molar-refractivity contribution in [1.82, 2.24) is 0 Å². The minimum Gasteiger partial charge on any atom is -0.494 e. The zero-order valence-corrected chi connectivity index (χ0v) is 12.9. The molecule has 0 aliphatic carbocycles. The molecule has 0 amide bonds. The largest absolute Gasteiger partial charge is 0.494 e. The van der Waals surface area contributed by atoms with Crippen LogP contribution in [-0.4, -0.2) is 18.5 Å². The highest BCUT2D eigenvalue weighted by atomic mass is 16.6. The fourth-order valence-corrected chi connectivity index (χ4v) is 2.15. The molecule has 23 heavy (non-hydrogen) atoms. The molecule has 0 radical (unpaired) electrons. The highest BCUT2D eigenvalue weighted by Gasteiger charge is 2.23. The first-order chi connectivity index (χ1) is 11.3. The average molecular weight is 307 g/mol. The van der Waals surface area contributed by atoms with Crippen LogP contribution in [0.5, 0.6) is 5.75 Å². The van der Waals surface area contributed by atoms with Crippen molar-refractivity contribution >= 4 is 17.9 Å². The van der Waals surface area contributed by atoms with Gasteiger partial charge in [0, 0.05) is 5.56 Å². The molecule has 0 spiro atoms. The quantitative estimate of drug-likeness (QED) is 0.623. The van der Waals surface area contributed by atoms with Crippen LogP contribution in [0.4, 0.5) is 0 Å². The first-order valence-electron chi connectivity index (χ1n) is 7.57. The lowest BCUT2D eigenvalue weighted by Crippen LogP contribution is -2.04. The van der Waals surface area contributed by atoms with E-state index in [0.717, 1.165) is 23.3 Å². The molecule has 1 heterocycles. The molecular formula is C19H17NO3. The molecule has 0 atom stereocenters. The molecule has 1 aliphatic heterocycles. The van der Waals surface area contributed by atoms with Gasteiger partial charge in [-0.3, -0.25) is 0 Å². The van der Waals surface area contributed by atoms with Gasteiger partial charge in [0.1, 0.15) is 5.75 Å². The normalized spacial score (nSPS) is 15.4. The molecule has 4 nitrogen and oxygen atoms in total. The van der Waals surface area contributed by atoms with Crippen LogP contribution in [0, 0.1) is 0 Å². The van der Waals surface area contributed by atoms with E-state index in [-0.39, 0.29) is 0 Å².